The minimum atomic E-state index is -4.48. The van der Waals surface area contributed by atoms with Crippen LogP contribution in [0.1, 0.15) is 85.0 Å². The Morgan fingerprint density at radius 2 is 1.26 bits per heavy atom. The first-order chi connectivity index (χ1) is 26.7. The van der Waals surface area contributed by atoms with Crippen molar-refractivity contribution in [3.05, 3.63) is 98.8 Å². The number of ketones is 1. The van der Waals surface area contributed by atoms with Crippen molar-refractivity contribution in [2.75, 3.05) is 19.8 Å². The summed E-state index contributed by atoms with van der Waals surface area (Å²) >= 11 is 2.39. The van der Waals surface area contributed by atoms with Crippen molar-refractivity contribution in [3.8, 4) is 11.5 Å². The summed E-state index contributed by atoms with van der Waals surface area (Å²) in [7, 11) is 0. The molecule has 0 bridgehead atoms. The molecular weight excluding hydrogens is 811 g/mol. The molecular formula is C42H48F6O8S2. The summed E-state index contributed by atoms with van der Waals surface area (Å²) < 4.78 is 87.6. The van der Waals surface area contributed by atoms with Gasteiger partial charge in [-0.05, 0) is 131 Å². The lowest BCUT2D eigenvalue weighted by molar-refractivity contribution is -0.154. The van der Waals surface area contributed by atoms with Crippen molar-refractivity contribution in [3.63, 3.8) is 0 Å². The fraction of sp³-hybridized carbons (Fsp3) is 0.452. The minimum Gasteiger partial charge on any atom is -0.510 e. The van der Waals surface area contributed by atoms with Gasteiger partial charge in [0.25, 0.3) is 0 Å². The summed E-state index contributed by atoms with van der Waals surface area (Å²) in [5.74, 6) is -1.71. The fourth-order valence-corrected chi connectivity index (χ4v) is 8.10. The molecule has 318 valence electrons. The lowest BCUT2D eigenvalue weighted by Gasteiger charge is -2.29. The number of carbonyl (C=O) groups is 3. The molecule has 8 nitrogen and oxygen atoms in total. The third kappa shape index (κ3) is 12.9. The number of alkyl halides is 6. The number of ether oxygens (including phenoxy) is 3. The maximum absolute atomic E-state index is 13.7. The second-order valence-electron chi connectivity index (χ2n) is 14.7. The minimum absolute atomic E-state index is 0.0103. The van der Waals surface area contributed by atoms with Gasteiger partial charge in [-0.15, -0.1) is 11.8 Å². The molecule has 1 aliphatic rings. The molecule has 0 aliphatic carbocycles. The van der Waals surface area contributed by atoms with Gasteiger partial charge in [0.05, 0.1) is 28.3 Å². The maximum Gasteiger partial charge on any atom is 0.422 e. The summed E-state index contributed by atoms with van der Waals surface area (Å²) in [6, 6.07) is 13.0. The molecule has 3 aromatic carbocycles. The van der Waals surface area contributed by atoms with E-state index in [4.69, 9.17) is 14.2 Å². The van der Waals surface area contributed by atoms with Crippen LogP contribution in [0.15, 0.2) is 54.3 Å². The van der Waals surface area contributed by atoms with E-state index < -0.39 is 46.9 Å². The molecule has 0 saturated carbocycles. The number of hydrogen-bond donors (Lipinski definition) is 2. The normalized spacial score (nSPS) is 14.8. The van der Waals surface area contributed by atoms with E-state index in [1.807, 2.05) is 12.1 Å². The molecule has 1 heterocycles. The third-order valence-electron chi connectivity index (χ3n) is 8.96. The molecule has 1 aliphatic heterocycles. The first-order valence-electron chi connectivity index (χ1n) is 18.0. The Balaban J connectivity index is 0.000000338. The van der Waals surface area contributed by atoms with Crippen LogP contribution in [-0.4, -0.2) is 68.7 Å². The Labute approximate surface area is 342 Å². The monoisotopic (exact) mass is 858 g/mol. The van der Waals surface area contributed by atoms with Crippen LogP contribution in [0.25, 0.3) is 5.57 Å². The highest BCUT2D eigenvalue weighted by Gasteiger charge is 2.43. The number of halogens is 6. The van der Waals surface area contributed by atoms with Gasteiger partial charge in [0.15, 0.2) is 19.0 Å². The van der Waals surface area contributed by atoms with Crippen LogP contribution in [0.3, 0.4) is 0 Å². The number of thioether (sulfide) groups is 2. The number of benzene rings is 3. The van der Waals surface area contributed by atoms with E-state index >= 15 is 0 Å². The largest absolute Gasteiger partial charge is 0.510 e. The molecule has 16 heteroatoms. The van der Waals surface area contributed by atoms with Crippen LogP contribution in [0.4, 0.5) is 26.3 Å². The van der Waals surface area contributed by atoms with Gasteiger partial charge in [0.2, 0.25) is 5.12 Å². The number of aliphatic hydroxyl groups excluding tert-OH is 2. The molecule has 0 amide bonds. The molecule has 58 heavy (non-hydrogen) atoms. The molecule has 4 rings (SSSR count). The summed E-state index contributed by atoms with van der Waals surface area (Å²) in [4.78, 5) is 38.9. The highest BCUT2D eigenvalue weighted by Crippen LogP contribution is 2.47. The van der Waals surface area contributed by atoms with Crippen molar-refractivity contribution in [2.45, 2.75) is 102 Å². The zero-order chi connectivity index (χ0) is 44.0. The summed E-state index contributed by atoms with van der Waals surface area (Å²) in [6.45, 7) is 12.4. The van der Waals surface area contributed by atoms with E-state index in [1.165, 1.54) is 36.0 Å². The van der Waals surface area contributed by atoms with E-state index in [2.05, 4.69) is 0 Å². The van der Waals surface area contributed by atoms with Gasteiger partial charge in [0, 0.05) is 5.75 Å². The average molecular weight is 859 g/mol. The Morgan fingerprint density at radius 1 is 0.810 bits per heavy atom. The lowest BCUT2D eigenvalue weighted by atomic mass is 9.83. The zero-order valence-electron chi connectivity index (χ0n) is 33.7. The van der Waals surface area contributed by atoms with Crippen LogP contribution < -0.4 is 9.47 Å². The molecule has 3 aromatic rings. The Kier molecular flexibility index (Phi) is 16.0. The molecule has 0 aromatic heterocycles. The number of hydrogen-bond acceptors (Lipinski definition) is 10. The van der Waals surface area contributed by atoms with E-state index in [0.717, 1.165) is 22.9 Å². The predicted molar refractivity (Wildman–Crippen MR) is 213 cm³/mol. The molecule has 2 N–H and O–H groups in total. The Hall–Kier alpha value is -4.15. The zero-order valence-corrected chi connectivity index (χ0v) is 35.3. The Bertz CT molecular complexity index is 1960. The van der Waals surface area contributed by atoms with Crippen LogP contribution in [0.5, 0.6) is 11.5 Å². The predicted octanol–water partition coefficient (Wildman–Crippen LogP) is 10.2. The van der Waals surface area contributed by atoms with Crippen LogP contribution in [-0.2, 0) is 31.5 Å². The van der Waals surface area contributed by atoms with Gasteiger partial charge in [-0.3, -0.25) is 14.4 Å². The Morgan fingerprint density at radius 3 is 1.66 bits per heavy atom. The van der Waals surface area contributed by atoms with Crippen molar-refractivity contribution >= 4 is 46.0 Å². The average Bonchev–Trinajstić information content (AvgIpc) is 3.31. The number of esters is 1. The topological polar surface area (TPSA) is 119 Å². The van der Waals surface area contributed by atoms with E-state index in [0.29, 0.717) is 39.1 Å². The third-order valence-corrected chi connectivity index (χ3v) is 11.5. The summed E-state index contributed by atoms with van der Waals surface area (Å²) in [5.41, 5.74) is 5.01. The molecule has 0 fully saturated rings. The maximum atomic E-state index is 13.7. The SMILES string of the molecule is CCOC(=O)C(C(=O)C(C)(C)SCc1ccc(CO)cc1)c1c(C)cc(OCC(F)(F)F)cc1C.Cc1cc(OCC(F)(F)F)cc(C)c1C1=C(O)C(C)(C)SC1=O. The van der Waals surface area contributed by atoms with Crippen molar-refractivity contribution < 1.29 is 65.1 Å². The lowest BCUT2D eigenvalue weighted by Crippen LogP contribution is -2.38. The number of Topliss-reactive ketones (excluding diaryl/α,β-unsaturated/α-hetero) is 1. The second kappa shape index (κ2) is 19.3. The quantitative estimate of drug-likeness (QED) is 0.0921. The van der Waals surface area contributed by atoms with Gasteiger partial charge < -0.3 is 24.4 Å². The first kappa shape index (κ1) is 48.2. The number of aliphatic hydroxyl groups is 2. The van der Waals surface area contributed by atoms with E-state index in [1.54, 1.807) is 74.4 Å². The smallest absolute Gasteiger partial charge is 0.422 e. The van der Waals surface area contributed by atoms with E-state index in [9.17, 15) is 50.9 Å². The van der Waals surface area contributed by atoms with Gasteiger partial charge in [-0.2, -0.15) is 26.3 Å². The molecule has 0 radical (unpaired) electrons. The summed E-state index contributed by atoms with van der Waals surface area (Å²) in [5, 5.41) is 19.3. The van der Waals surface area contributed by atoms with E-state index in [-0.39, 0.29) is 46.9 Å². The molecule has 1 atom stereocenters. The standard InChI is InChI=1S/C26H31F3O5S.C16H17F3O3S/c1-6-33-24(32)22(21-16(2)11-20(12-17(21)3)34-15-26(27,28)29)23(31)25(4,5)35-14-19-9-7-18(13-30)8-10-19;1-8-5-10(22-7-16(17,18)19)6-9(2)11(8)12-13(20)15(3,4)23-14(12)21/h7-12,22,30H,6,13-15H2,1-5H3;5-6,20H,7H2,1-4H3. The molecule has 0 saturated heterocycles. The number of rotatable bonds is 14. The highest BCUT2D eigenvalue weighted by atomic mass is 32.2. The fourth-order valence-electron chi connectivity index (χ4n) is 6.16. The molecule has 0 spiro atoms. The second-order valence-corrected chi connectivity index (χ2v) is 17.9. The van der Waals surface area contributed by atoms with Gasteiger partial charge >= 0.3 is 18.3 Å². The number of aryl methyl sites for hydroxylation is 4. The van der Waals surface area contributed by atoms with Crippen LogP contribution in [0.2, 0.25) is 0 Å². The summed E-state index contributed by atoms with van der Waals surface area (Å²) in [6.07, 6.45) is -8.90. The highest BCUT2D eigenvalue weighted by molar-refractivity contribution is 8.16. The van der Waals surface area contributed by atoms with Gasteiger partial charge in [-0.1, -0.05) is 36.0 Å². The van der Waals surface area contributed by atoms with Crippen molar-refractivity contribution in [1.82, 2.24) is 0 Å². The van der Waals surface area contributed by atoms with Crippen LogP contribution >= 0.6 is 23.5 Å². The first-order valence-corrected chi connectivity index (χ1v) is 19.8. The van der Waals surface area contributed by atoms with Crippen LogP contribution in [0, 0.1) is 27.7 Å². The van der Waals surface area contributed by atoms with Gasteiger partial charge in [0.1, 0.15) is 23.2 Å². The van der Waals surface area contributed by atoms with Crippen molar-refractivity contribution in [2.24, 2.45) is 0 Å². The molecule has 1 unspecified atom stereocenters. The number of carbonyl (C=O) groups excluding carboxylic acids is 3. The van der Waals surface area contributed by atoms with Gasteiger partial charge in [-0.25, -0.2) is 0 Å². The van der Waals surface area contributed by atoms with Crippen molar-refractivity contribution in [1.29, 1.82) is 0 Å².